The lowest BCUT2D eigenvalue weighted by Crippen LogP contribution is -2.42. The van der Waals surface area contributed by atoms with Crippen molar-refractivity contribution >= 4 is 11.9 Å². The molecule has 0 unspecified atom stereocenters. The number of hydrogen-bond donors (Lipinski definition) is 2. The standard InChI is InChI=1S/C19H18F3NO3/c20-19(21,22)15-9-6-14(7-10-15)12-16(18(25)26)23-17(24)11-8-13-4-2-1-3-5-13/h1-7,9-10,16H,8,11-12H2,(H,23,24)(H,25,26)/t16-/m1/s1. The van der Waals surface area contributed by atoms with Gasteiger partial charge in [-0.25, -0.2) is 4.79 Å². The number of rotatable bonds is 7. The number of halogens is 3. The minimum atomic E-state index is -4.45. The van der Waals surface area contributed by atoms with E-state index in [0.717, 1.165) is 17.7 Å². The molecule has 0 fully saturated rings. The van der Waals surface area contributed by atoms with Gasteiger partial charge in [0.15, 0.2) is 0 Å². The summed E-state index contributed by atoms with van der Waals surface area (Å²) in [5.41, 5.74) is 0.547. The third-order valence-electron chi connectivity index (χ3n) is 3.84. The third kappa shape index (κ3) is 5.91. The van der Waals surface area contributed by atoms with Gasteiger partial charge in [0.1, 0.15) is 6.04 Å². The van der Waals surface area contributed by atoms with E-state index in [1.54, 1.807) is 0 Å². The minimum absolute atomic E-state index is 0.0927. The first kappa shape index (κ1) is 19.5. The van der Waals surface area contributed by atoms with Crippen LogP contribution in [0.2, 0.25) is 0 Å². The predicted molar refractivity (Wildman–Crippen MR) is 89.5 cm³/mol. The van der Waals surface area contributed by atoms with Gasteiger partial charge in [0, 0.05) is 12.8 Å². The van der Waals surface area contributed by atoms with Crippen LogP contribution in [0, 0.1) is 0 Å². The van der Waals surface area contributed by atoms with Gasteiger partial charge in [0.25, 0.3) is 0 Å². The lowest BCUT2D eigenvalue weighted by Gasteiger charge is -2.15. The molecule has 0 spiro atoms. The molecule has 0 heterocycles. The maximum absolute atomic E-state index is 12.6. The van der Waals surface area contributed by atoms with Crippen molar-refractivity contribution < 1.29 is 27.9 Å². The van der Waals surface area contributed by atoms with E-state index in [4.69, 9.17) is 0 Å². The highest BCUT2D eigenvalue weighted by atomic mass is 19.4. The number of benzene rings is 2. The Labute approximate surface area is 148 Å². The van der Waals surface area contributed by atoms with Gasteiger partial charge < -0.3 is 10.4 Å². The Hall–Kier alpha value is -2.83. The second-order valence-electron chi connectivity index (χ2n) is 5.84. The molecule has 0 aromatic heterocycles. The van der Waals surface area contributed by atoms with Crippen molar-refractivity contribution in [2.45, 2.75) is 31.5 Å². The molecule has 2 N–H and O–H groups in total. The second kappa shape index (κ2) is 8.51. The van der Waals surface area contributed by atoms with Crippen molar-refractivity contribution in [3.05, 3.63) is 71.3 Å². The fourth-order valence-electron chi connectivity index (χ4n) is 2.43. The Kier molecular flexibility index (Phi) is 6.38. The first-order valence-corrected chi connectivity index (χ1v) is 7.98. The van der Waals surface area contributed by atoms with E-state index in [9.17, 15) is 27.9 Å². The van der Waals surface area contributed by atoms with Crippen molar-refractivity contribution in [2.75, 3.05) is 0 Å². The maximum Gasteiger partial charge on any atom is 0.416 e. The Morgan fingerprint density at radius 1 is 0.962 bits per heavy atom. The smallest absolute Gasteiger partial charge is 0.416 e. The normalized spacial score (nSPS) is 12.4. The second-order valence-corrected chi connectivity index (χ2v) is 5.84. The van der Waals surface area contributed by atoms with Gasteiger partial charge in [-0.15, -0.1) is 0 Å². The highest BCUT2D eigenvalue weighted by Gasteiger charge is 2.30. The van der Waals surface area contributed by atoms with Crippen LogP contribution in [0.25, 0.3) is 0 Å². The lowest BCUT2D eigenvalue weighted by molar-refractivity contribution is -0.141. The van der Waals surface area contributed by atoms with E-state index in [1.165, 1.54) is 12.1 Å². The number of nitrogens with one attached hydrogen (secondary N) is 1. The number of carbonyl (C=O) groups is 2. The quantitative estimate of drug-likeness (QED) is 0.790. The lowest BCUT2D eigenvalue weighted by atomic mass is 10.0. The van der Waals surface area contributed by atoms with Crippen LogP contribution in [0.1, 0.15) is 23.1 Å². The van der Waals surface area contributed by atoms with Crippen molar-refractivity contribution in [3.8, 4) is 0 Å². The van der Waals surface area contributed by atoms with E-state index in [0.29, 0.717) is 12.0 Å². The molecule has 7 heteroatoms. The van der Waals surface area contributed by atoms with Gasteiger partial charge >= 0.3 is 12.1 Å². The zero-order valence-corrected chi connectivity index (χ0v) is 13.8. The van der Waals surface area contributed by atoms with Crippen molar-refractivity contribution in [2.24, 2.45) is 0 Å². The van der Waals surface area contributed by atoms with Crippen LogP contribution in [-0.4, -0.2) is 23.0 Å². The molecule has 0 aliphatic heterocycles. The summed E-state index contributed by atoms with van der Waals surface area (Å²) in [4.78, 5) is 23.3. The molecule has 138 valence electrons. The summed E-state index contributed by atoms with van der Waals surface area (Å²) < 4.78 is 37.7. The number of carbonyl (C=O) groups excluding carboxylic acids is 1. The Morgan fingerprint density at radius 2 is 1.58 bits per heavy atom. The van der Waals surface area contributed by atoms with E-state index in [-0.39, 0.29) is 12.8 Å². The Bertz CT molecular complexity index is 743. The predicted octanol–water partition coefficient (Wildman–Crippen LogP) is 3.45. The number of aryl methyl sites for hydroxylation is 1. The summed E-state index contributed by atoms with van der Waals surface area (Å²) in [6.07, 6.45) is -3.94. The van der Waals surface area contributed by atoms with Gasteiger partial charge in [-0.1, -0.05) is 42.5 Å². The molecule has 2 rings (SSSR count). The summed E-state index contributed by atoms with van der Waals surface area (Å²) in [6, 6.07) is 12.3. The van der Waals surface area contributed by atoms with Crippen molar-refractivity contribution in [1.82, 2.24) is 5.32 Å². The molecule has 2 aromatic carbocycles. The van der Waals surface area contributed by atoms with Crippen LogP contribution in [0.5, 0.6) is 0 Å². The largest absolute Gasteiger partial charge is 0.480 e. The van der Waals surface area contributed by atoms with Crippen LogP contribution in [-0.2, 0) is 28.6 Å². The van der Waals surface area contributed by atoms with Gasteiger partial charge in [0.05, 0.1) is 5.56 Å². The number of aliphatic carboxylic acids is 1. The molecule has 4 nitrogen and oxygen atoms in total. The van der Waals surface area contributed by atoms with E-state index < -0.39 is 29.7 Å². The average molecular weight is 365 g/mol. The topological polar surface area (TPSA) is 66.4 Å². The van der Waals surface area contributed by atoms with Crippen LogP contribution >= 0.6 is 0 Å². The third-order valence-corrected chi connectivity index (χ3v) is 3.84. The molecular weight excluding hydrogens is 347 g/mol. The maximum atomic E-state index is 12.6. The molecule has 1 amide bonds. The molecule has 0 saturated carbocycles. The Balaban J connectivity index is 1.93. The SMILES string of the molecule is O=C(CCc1ccccc1)N[C@H](Cc1ccc(C(F)(F)F)cc1)C(=O)O. The fourth-order valence-corrected chi connectivity index (χ4v) is 2.43. The zero-order chi connectivity index (χ0) is 19.2. The van der Waals surface area contributed by atoms with E-state index in [2.05, 4.69) is 5.32 Å². The van der Waals surface area contributed by atoms with Gasteiger partial charge in [-0.3, -0.25) is 4.79 Å². The molecular formula is C19H18F3NO3. The van der Waals surface area contributed by atoms with Crippen molar-refractivity contribution in [1.29, 1.82) is 0 Å². The van der Waals surface area contributed by atoms with E-state index >= 15 is 0 Å². The molecule has 0 aliphatic carbocycles. The summed E-state index contributed by atoms with van der Waals surface area (Å²) >= 11 is 0. The number of carboxylic acid groups (broad SMARTS) is 1. The first-order chi connectivity index (χ1) is 12.3. The van der Waals surface area contributed by atoms with Crippen LogP contribution in [0.3, 0.4) is 0 Å². The average Bonchev–Trinajstić information content (AvgIpc) is 2.60. The fraction of sp³-hybridized carbons (Fsp3) is 0.263. The van der Waals surface area contributed by atoms with Crippen LogP contribution in [0.4, 0.5) is 13.2 Å². The summed E-state index contributed by atoms with van der Waals surface area (Å²) in [7, 11) is 0. The highest BCUT2D eigenvalue weighted by Crippen LogP contribution is 2.29. The molecule has 0 radical (unpaired) electrons. The molecule has 1 atom stereocenters. The number of hydrogen-bond acceptors (Lipinski definition) is 2. The van der Waals surface area contributed by atoms with Crippen molar-refractivity contribution in [3.63, 3.8) is 0 Å². The zero-order valence-electron chi connectivity index (χ0n) is 13.8. The van der Waals surface area contributed by atoms with Crippen LogP contribution < -0.4 is 5.32 Å². The molecule has 26 heavy (non-hydrogen) atoms. The monoisotopic (exact) mass is 365 g/mol. The summed E-state index contributed by atoms with van der Waals surface area (Å²) in [5, 5.41) is 11.7. The number of alkyl halides is 3. The minimum Gasteiger partial charge on any atom is -0.480 e. The number of amides is 1. The molecule has 0 bridgehead atoms. The van der Waals surface area contributed by atoms with Crippen LogP contribution in [0.15, 0.2) is 54.6 Å². The van der Waals surface area contributed by atoms with E-state index in [1.807, 2.05) is 30.3 Å². The van der Waals surface area contributed by atoms with Gasteiger partial charge in [-0.05, 0) is 29.7 Å². The van der Waals surface area contributed by atoms with Gasteiger partial charge in [-0.2, -0.15) is 13.2 Å². The Morgan fingerprint density at radius 3 is 2.12 bits per heavy atom. The molecule has 0 aliphatic rings. The summed E-state index contributed by atoms with van der Waals surface area (Å²) in [6.45, 7) is 0. The highest BCUT2D eigenvalue weighted by molar-refractivity contribution is 5.83. The van der Waals surface area contributed by atoms with Gasteiger partial charge in [0.2, 0.25) is 5.91 Å². The molecule has 0 saturated heterocycles. The summed E-state index contributed by atoms with van der Waals surface area (Å²) in [5.74, 6) is -1.66. The first-order valence-electron chi connectivity index (χ1n) is 7.98. The molecule has 2 aromatic rings. The number of carboxylic acids is 1.